The van der Waals surface area contributed by atoms with Gasteiger partial charge in [-0.3, -0.25) is 25.0 Å². The number of nitro benzene ring substituents is 1. The molecule has 0 bridgehead atoms. The molecule has 0 saturated carbocycles. The molecule has 1 saturated heterocycles. The molecule has 5 rings (SSSR count). The first-order chi connectivity index (χ1) is 22.3. The Balaban J connectivity index is 1.32. The summed E-state index contributed by atoms with van der Waals surface area (Å²) in [7, 11) is 1.45. The van der Waals surface area contributed by atoms with Gasteiger partial charge in [0.05, 0.1) is 24.3 Å². The number of urea groups is 1. The number of imide groups is 2. The minimum absolute atomic E-state index is 0.0558. The fourth-order valence-electron chi connectivity index (χ4n) is 4.62. The summed E-state index contributed by atoms with van der Waals surface area (Å²) >= 11 is 0. The predicted octanol–water partition coefficient (Wildman–Crippen LogP) is 5.83. The number of nitro groups is 1. The summed E-state index contributed by atoms with van der Waals surface area (Å²) in [6.07, 6.45) is 1.29. The lowest BCUT2D eigenvalue weighted by Gasteiger charge is -2.26. The normalized spacial score (nSPS) is 13.7. The Morgan fingerprint density at radius 1 is 0.783 bits per heavy atom. The number of methoxy groups -OCH3 is 1. The molecule has 0 aromatic heterocycles. The van der Waals surface area contributed by atoms with Crippen LogP contribution in [0.15, 0.2) is 96.6 Å². The number of non-ortho nitro benzene ring substituents is 1. The number of carbonyl (C=O) groups excluding carboxylic acids is 3. The molecule has 1 aliphatic heterocycles. The Hall–Kier alpha value is -6.17. The first-order valence-electron chi connectivity index (χ1n) is 14.2. The summed E-state index contributed by atoms with van der Waals surface area (Å²) in [6, 6.07) is 24.1. The monoisotopic (exact) mass is 623 g/mol. The smallest absolute Gasteiger partial charge is 0.335 e. The molecule has 1 heterocycles. The van der Waals surface area contributed by atoms with Crippen molar-refractivity contribution in [3.63, 3.8) is 0 Å². The number of ether oxygens (including phenoxy) is 4. The molecule has 4 aromatic carbocycles. The van der Waals surface area contributed by atoms with Gasteiger partial charge in [0.15, 0.2) is 23.0 Å². The van der Waals surface area contributed by atoms with Gasteiger partial charge in [-0.05, 0) is 60.0 Å². The molecular formula is C34H29N3O9. The summed E-state index contributed by atoms with van der Waals surface area (Å²) in [5.41, 5.74) is 1.54. The molecule has 0 atom stereocenters. The van der Waals surface area contributed by atoms with Gasteiger partial charge in [0.25, 0.3) is 17.5 Å². The van der Waals surface area contributed by atoms with Crippen molar-refractivity contribution >= 4 is 35.3 Å². The van der Waals surface area contributed by atoms with Crippen LogP contribution in [0.5, 0.6) is 23.0 Å². The Bertz CT molecular complexity index is 1820. The second kappa shape index (κ2) is 14.1. The zero-order valence-electron chi connectivity index (χ0n) is 24.9. The van der Waals surface area contributed by atoms with E-state index in [1.54, 1.807) is 18.2 Å². The number of anilines is 1. The number of carbonyl (C=O) groups is 3. The van der Waals surface area contributed by atoms with Gasteiger partial charge in [-0.15, -0.1) is 0 Å². The van der Waals surface area contributed by atoms with Gasteiger partial charge in [-0.1, -0.05) is 48.5 Å². The molecule has 12 heteroatoms. The van der Waals surface area contributed by atoms with Gasteiger partial charge in [0, 0.05) is 12.1 Å². The third kappa shape index (κ3) is 7.13. The van der Waals surface area contributed by atoms with Crippen molar-refractivity contribution in [2.75, 3.05) is 18.6 Å². The van der Waals surface area contributed by atoms with Gasteiger partial charge < -0.3 is 18.9 Å². The molecule has 12 nitrogen and oxygen atoms in total. The molecule has 1 aliphatic rings. The highest BCUT2D eigenvalue weighted by atomic mass is 16.6. The highest BCUT2D eigenvalue weighted by molar-refractivity contribution is 6.39. The summed E-state index contributed by atoms with van der Waals surface area (Å²) in [4.78, 5) is 49.6. The van der Waals surface area contributed by atoms with Crippen LogP contribution in [0, 0.1) is 10.1 Å². The number of nitrogens with one attached hydrogen (secondary N) is 1. The van der Waals surface area contributed by atoms with Crippen LogP contribution < -0.4 is 29.2 Å². The summed E-state index contributed by atoms with van der Waals surface area (Å²) < 4.78 is 23.3. The van der Waals surface area contributed by atoms with Crippen molar-refractivity contribution in [2.45, 2.75) is 20.1 Å². The van der Waals surface area contributed by atoms with Crippen LogP contribution in [0.1, 0.15) is 23.6 Å². The van der Waals surface area contributed by atoms with Crippen molar-refractivity contribution < 1.29 is 38.3 Å². The fourth-order valence-corrected chi connectivity index (χ4v) is 4.62. The molecule has 1 N–H and O–H groups in total. The van der Waals surface area contributed by atoms with E-state index in [9.17, 15) is 24.5 Å². The SMILES string of the molecule is CCOc1cc(COc2ccc(/C=C3/C(=O)NC(=O)N(c4cccc([N+](=O)[O-])c4)C3=O)cc2OC)ccc1OCc1ccccc1. The van der Waals surface area contributed by atoms with E-state index in [0.29, 0.717) is 46.7 Å². The highest BCUT2D eigenvalue weighted by Crippen LogP contribution is 2.33. The lowest BCUT2D eigenvalue weighted by atomic mass is 10.1. The molecule has 4 aromatic rings. The Morgan fingerprint density at radius 2 is 1.50 bits per heavy atom. The molecule has 46 heavy (non-hydrogen) atoms. The van der Waals surface area contributed by atoms with E-state index in [1.807, 2.05) is 55.5 Å². The van der Waals surface area contributed by atoms with E-state index in [1.165, 1.54) is 31.4 Å². The average molecular weight is 624 g/mol. The number of nitrogens with zero attached hydrogens (tertiary/aromatic N) is 2. The average Bonchev–Trinajstić information content (AvgIpc) is 3.06. The second-order valence-electron chi connectivity index (χ2n) is 9.92. The lowest BCUT2D eigenvalue weighted by molar-refractivity contribution is -0.384. The maximum atomic E-state index is 13.3. The molecule has 234 valence electrons. The van der Waals surface area contributed by atoms with Gasteiger partial charge in [0.1, 0.15) is 18.8 Å². The predicted molar refractivity (Wildman–Crippen MR) is 168 cm³/mol. The molecule has 0 spiro atoms. The highest BCUT2D eigenvalue weighted by Gasteiger charge is 2.37. The van der Waals surface area contributed by atoms with Crippen LogP contribution in [-0.2, 0) is 22.8 Å². The Labute approximate surface area is 263 Å². The summed E-state index contributed by atoms with van der Waals surface area (Å²) in [5, 5.41) is 13.3. The number of barbiturate groups is 1. The summed E-state index contributed by atoms with van der Waals surface area (Å²) in [5.74, 6) is 0.0856. The topological polar surface area (TPSA) is 147 Å². The zero-order valence-corrected chi connectivity index (χ0v) is 24.9. The van der Waals surface area contributed by atoms with E-state index >= 15 is 0 Å². The molecule has 0 aliphatic carbocycles. The zero-order chi connectivity index (χ0) is 32.6. The van der Waals surface area contributed by atoms with Crippen LogP contribution in [0.4, 0.5) is 16.2 Å². The van der Waals surface area contributed by atoms with Crippen LogP contribution in [0.3, 0.4) is 0 Å². The largest absolute Gasteiger partial charge is 0.493 e. The van der Waals surface area contributed by atoms with Crippen LogP contribution in [0.25, 0.3) is 6.08 Å². The maximum absolute atomic E-state index is 13.3. The number of benzene rings is 4. The second-order valence-corrected chi connectivity index (χ2v) is 9.92. The first-order valence-corrected chi connectivity index (χ1v) is 14.2. The Morgan fingerprint density at radius 3 is 2.22 bits per heavy atom. The number of rotatable bonds is 12. The van der Waals surface area contributed by atoms with Crippen molar-refractivity contribution in [3.8, 4) is 23.0 Å². The minimum atomic E-state index is -1.02. The molecule has 0 unspecified atom stereocenters. The van der Waals surface area contributed by atoms with Crippen molar-refractivity contribution in [3.05, 3.63) is 123 Å². The van der Waals surface area contributed by atoms with Crippen molar-refractivity contribution in [1.82, 2.24) is 5.32 Å². The van der Waals surface area contributed by atoms with Gasteiger partial charge in [-0.25, -0.2) is 9.69 Å². The summed E-state index contributed by atoms with van der Waals surface area (Å²) in [6.45, 7) is 2.91. The van der Waals surface area contributed by atoms with Gasteiger partial charge in [0.2, 0.25) is 0 Å². The number of amides is 4. The van der Waals surface area contributed by atoms with Crippen LogP contribution in [0.2, 0.25) is 0 Å². The molecule has 0 radical (unpaired) electrons. The van der Waals surface area contributed by atoms with E-state index < -0.39 is 22.8 Å². The van der Waals surface area contributed by atoms with E-state index in [-0.39, 0.29) is 23.6 Å². The third-order valence-corrected chi connectivity index (χ3v) is 6.84. The van der Waals surface area contributed by atoms with E-state index in [2.05, 4.69) is 5.32 Å². The Kier molecular flexibility index (Phi) is 9.57. The van der Waals surface area contributed by atoms with Crippen LogP contribution in [-0.4, -0.2) is 36.5 Å². The minimum Gasteiger partial charge on any atom is -0.493 e. The molecule has 4 amide bonds. The van der Waals surface area contributed by atoms with Crippen LogP contribution >= 0.6 is 0 Å². The fraction of sp³-hybridized carbons (Fsp3) is 0.147. The van der Waals surface area contributed by atoms with Crippen molar-refractivity contribution in [1.29, 1.82) is 0 Å². The van der Waals surface area contributed by atoms with E-state index in [0.717, 1.165) is 17.2 Å². The maximum Gasteiger partial charge on any atom is 0.335 e. The standard InChI is InChI=1S/C34H29N3O9/c1-3-44-31-18-24(13-15-29(31)45-20-22-8-5-4-6-9-22)21-46-28-14-12-23(17-30(28)43-2)16-27-32(38)35-34(40)36(33(27)39)25-10-7-11-26(19-25)37(41)42/h4-19H,3,20-21H2,1-2H3,(H,35,38,40)/b27-16-. The quantitative estimate of drug-likeness (QED) is 0.0892. The molecular weight excluding hydrogens is 594 g/mol. The van der Waals surface area contributed by atoms with Gasteiger partial charge >= 0.3 is 6.03 Å². The number of hydrogen-bond donors (Lipinski definition) is 1. The van der Waals surface area contributed by atoms with Crippen molar-refractivity contribution in [2.24, 2.45) is 0 Å². The number of hydrogen-bond acceptors (Lipinski definition) is 9. The van der Waals surface area contributed by atoms with E-state index in [4.69, 9.17) is 18.9 Å². The molecule has 1 fully saturated rings. The lowest BCUT2D eigenvalue weighted by Crippen LogP contribution is -2.54. The first kappa shape index (κ1) is 31.3. The third-order valence-electron chi connectivity index (χ3n) is 6.84. The van der Waals surface area contributed by atoms with Gasteiger partial charge in [-0.2, -0.15) is 0 Å².